The van der Waals surface area contributed by atoms with Crippen LogP contribution in [-0.2, 0) is 24.5 Å². The first-order valence-corrected chi connectivity index (χ1v) is 8.88. The Balaban J connectivity index is 2.05. The highest BCUT2D eigenvalue weighted by Crippen LogP contribution is 2.22. The van der Waals surface area contributed by atoms with Crippen molar-refractivity contribution in [3.63, 3.8) is 0 Å². The number of esters is 2. The molecule has 1 amide bonds. The Morgan fingerprint density at radius 1 is 1.19 bits per heavy atom. The van der Waals surface area contributed by atoms with Crippen LogP contribution < -0.4 is 5.32 Å². The summed E-state index contributed by atoms with van der Waals surface area (Å²) in [6, 6.07) is 6.47. The van der Waals surface area contributed by atoms with Gasteiger partial charge in [-0.2, -0.15) is 0 Å². The van der Waals surface area contributed by atoms with E-state index in [9.17, 15) is 14.4 Å². The van der Waals surface area contributed by atoms with Gasteiger partial charge in [-0.25, -0.2) is 9.59 Å². The van der Waals surface area contributed by atoms with E-state index in [1.165, 1.54) is 0 Å². The summed E-state index contributed by atoms with van der Waals surface area (Å²) in [6.07, 6.45) is -0.538. The first-order valence-electron chi connectivity index (χ1n) is 8.88. The highest BCUT2D eigenvalue weighted by molar-refractivity contribution is 5.97. The second kappa shape index (κ2) is 7.89. The van der Waals surface area contributed by atoms with Crippen LogP contribution in [-0.4, -0.2) is 36.6 Å². The number of ether oxygens (including phenoxy) is 2. The zero-order chi connectivity index (χ0) is 19.5. The third-order valence-electron chi connectivity index (χ3n) is 4.37. The number of amides is 1. The van der Waals surface area contributed by atoms with Gasteiger partial charge in [0.1, 0.15) is 6.04 Å². The Labute approximate surface area is 154 Å². The van der Waals surface area contributed by atoms with E-state index >= 15 is 0 Å². The molecule has 0 radical (unpaired) electrons. The number of hydrogen-bond acceptors (Lipinski definition) is 5. The summed E-state index contributed by atoms with van der Waals surface area (Å²) < 4.78 is 10.0. The van der Waals surface area contributed by atoms with Crippen LogP contribution in [0.5, 0.6) is 0 Å². The van der Waals surface area contributed by atoms with Crippen molar-refractivity contribution in [3.05, 3.63) is 35.4 Å². The topological polar surface area (TPSA) is 81.7 Å². The largest absolute Gasteiger partial charge is 0.463 e. The third kappa shape index (κ3) is 4.84. The molecule has 2 rings (SSSR count). The average Bonchev–Trinajstić information content (AvgIpc) is 2.96. The quantitative estimate of drug-likeness (QED) is 0.815. The molecule has 1 heterocycles. The van der Waals surface area contributed by atoms with Crippen LogP contribution in [0.1, 0.15) is 57.0 Å². The van der Waals surface area contributed by atoms with Crippen molar-refractivity contribution in [2.45, 2.75) is 58.6 Å². The predicted octanol–water partition coefficient (Wildman–Crippen LogP) is 2.60. The van der Waals surface area contributed by atoms with Gasteiger partial charge < -0.3 is 14.8 Å². The monoisotopic (exact) mass is 361 g/mol. The molecule has 1 aliphatic heterocycles. The maximum absolute atomic E-state index is 12.5. The lowest BCUT2D eigenvalue weighted by Crippen LogP contribution is -2.46. The van der Waals surface area contributed by atoms with Crippen molar-refractivity contribution in [2.24, 2.45) is 5.92 Å². The second-order valence-electron chi connectivity index (χ2n) is 7.90. The fourth-order valence-corrected chi connectivity index (χ4v) is 2.64. The molecule has 0 aliphatic carbocycles. The van der Waals surface area contributed by atoms with Crippen LogP contribution in [0.4, 0.5) is 0 Å². The van der Waals surface area contributed by atoms with Crippen molar-refractivity contribution < 1.29 is 23.9 Å². The summed E-state index contributed by atoms with van der Waals surface area (Å²) in [4.78, 5) is 36.4. The predicted molar refractivity (Wildman–Crippen MR) is 96.7 cm³/mol. The zero-order valence-corrected chi connectivity index (χ0v) is 16.0. The van der Waals surface area contributed by atoms with Gasteiger partial charge >= 0.3 is 11.9 Å². The van der Waals surface area contributed by atoms with E-state index in [-0.39, 0.29) is 23.8 Å². The fourth-order valence-electron chi connectivity index (χ4n) is 2.64. The van der Waals surface area contributed by atoms with Gasteiger partial charge in [-0.05, 0) is 29.0 Å². The van der Waals surface area contributed by atoms with Crippen molar-refractivity contribution >= 4 is 17.8 Å². The van der Waals surface area contributed by atoms with Crippen LogP contribution in [0.3, 0.4) is 0 Å². The summed E-state index contributed by atoms with van der Waals surface area (Å²) in [7, 11) is 0. The molecule has 26 heavy (non-hydrogen) atoms. The van der Waals surface area contributed by atoms with Gasteiger partial charge in [-0.3, -0.25) is 4.79 Å². The Bertz CT molecular complexity index is 672. The third-order valence-corrected chi connectivity index (χ3v) is 4.37. The highest BCUT2D eigenvalue weighted by atomic mass is 16.6. The van der Waals surface area contributed by atoms with Gasteiger partial charge in [0.05, 0.1) is 6.61 Å². The SMILES string of the molecule is CC(C)[C@H](NC(=O)c1ccc(C(C)(C)C)cc1)C(=O)O[C@H]1CCOC1=O. The van der Waals surface area contributed by atoms with Gasteiger partial charge in [0.2, 0.25) is 6.10 Å². The Morgan fingerprint density at radius 3 is 2.27 bits per heavy atom. The molecule has 0 spiro atoms. The van der Waals surface area contributed by atoms with E-state index in [1.54, 1.807) is 12.1 Å². The van der Waals surface area contributed by atoms with Crippen LogP contribution in [0, 0.1) is 5.92 Å². The molecule has 142 valence electrons. The number of hydrogen-bond donors (Lipinski definition) is 1. The van der Waals surface area contributed by atoms with Gasteiger partial charge in [0.25, 0.3) is 5.91 Å². The Hall–Kier alpha value is -2.37. The van der Waals surface area contributed by atoms with Crippen LogP contribution in [0.25, 0.3) is 0 Å². The molecular formula is C20H27NO5. The minimum atomic E-state index is -0.883. The molecule has 0 bridgehead atoms. The Kier molecular flexibility index (Phi) is 6.05. The maximum Gasteiger partial charge on any atom is 0.347 e. The van der Waals surface area contributed by atoms with Crippen LogP contribution >= 0.6 is 0 Å². The molecule has 1 N–H and O–H groups in total. The molecule has 1 aromatic rings. The molecule has 0 aromatic heterocycles. The number of benzene rings is 1. The summed E-state index contributed by atoms with van der Waals surface area (Å²) in [5, 5.41) is 2.71. The number of rotatable bonds is 5. The Morgan fingerprint density at radius 2 is 1.81 bits per heavy atom. The van der Waals surface area contributed by atoms with E-state index < -0.39 is 24.1 Å². The zero-order valence-electron chi connectivity index (χ0n) is 16.0. The van der Waals surface area contributed by atoms with E-state index in [2.05, 4.69) is 26.1 Å². The molecule has 6 nitrogen and oxygen atoms in total. The summed E-state index contributed by atoms with van der Waals surface area (Å²) in [6.45, 7) is 10.2. The van der Waals surface area contributed by atoms with E-state index in [0.29, 0.717) is 12.0 Å². The first kappa shape index (κ1) is 19.9. The lowest BCUT2D eigenvalue weighted by molar-refractivity contribution is -0.162. The van der Waals surface area contributed by atoms with Gasteiger partial charge in [0, 0.05) is 12.0 Å². The summed E-state index contributed by atoms with van der Waals surface area (Å²) in [5.41, 5.74) is 1.58. The molecule has 1 fully saturated rings. The van der Waals surface area contributed by atoms with Gasteiger partial charge in [-0.15, -0.1) is 0 Å². The van der Waals surface area contributed by atoms with Crippen LogP contribution in [0.15, 0.2) is 24.3 Å². The van der Waals surface area contributed by atoms with Gasteiger partial charge in [-0.1, -0.05) is 46.8 Å². The number of carbonyl (C=O) groups is 3. The minimum absolute atomic E-state index is 0.00479. The molecule has 0 saturated carbocycles. The van der Waals surface area contributed by atoms with Crippen LogP contribution in [0.2, 0.25) is 0 Å². The second-order valence-corrected chi connectivity index (χ2v) is 7.90. The highest BCUT2D eigenvalue weighted by Gasteiger charge is 2.34. The lowest BCUT2D eigenvalue weighted by atomic mass is 9.86. The van der Waals surface area contributed by atoms with Crippen molar-refractivity contribution in [1.82, 2.24) is 5.32 Å². The fraction of sp³-hybridized carbons (Fsp3) is 0.550. The average molecular weight is 361 g/mol. The number of carbonyl (C=O) groups excluding carboxylic acids is 3. The van der Waals surface area contributed by atoms with Gasteiger partial charge in [0.15, 0.2) is 0 Å². The molecule has 1 aliphatic rings. The summed E-state index contributed by atoms with van der Waals surface area (Å²) in [5.74, 6) is -1.69. The van der Waals surface area contributed by atoms with E-state index in [0.717, 1.165) is 5.56 Å². The molecular weight excluding hydrogens is 334 g/mol. The minimum Gasteiger partial charge on any atom is -0.463 e. The molecule has 0 unspecified atom stereocenters. The maximum atomic E-state index is 12.5. The number of nitrogens with one attached hydrogen (secondary N) is 1. The molecule has 2 atom stereocenters. The number of cyclic esters (lactones) is 1. The first-order chi connectivity index (χ1) is 12.1. The molecule has 1 saturated heterocycles. The van der Waals surface area contributed by atoms with E-state index in [4.69, 9.17) is 9.47 Å². The van der Waals surface area contributed by atoms with Crippen molar-refractivity contribution in [2.75, 3.05) is 6.61 Å². The molecule has 6 heteroatoms. The van der Waals surface area contributed by atoms with E-state index in [1.807, 2.05) is 26.0 Å². The summed E-state index contributed by atoms with van der Waals surface area (Å²) >= 11 is 0. The lowest BCUT2D eigenvalue weighted by Gasteiger charge is -2.22. The molecule has 1 aromatic carbocycles. The smallest absolute Gasteiger partial charge is 0.347 e. The van der Waals surface area contributed by atoms with Crippen molar-refractivity contribution in [3.8, 4) is 0 Å². The van der Waals surface area contributed by atoms with Crippen molar-refractivity contribution in [1.29, 1.82) is 0 Å². The standard InChI is InChI=1S/C20H27NO5/c1-12(2)16(19(24)26-15-10-11-25-18(15)23)21-17(22)13-6-8-14(9-7-13)20(3,4)5/h6-9,12,15-16H,10-11H2,1-5H3,(H,21,22)/t15-,16-/m0/s1. The normalized spacial score (nSPS) is 18.4.